The second kappa shape index (κ2) is 5.01. The lowest BCUT2D eigenvalue weighted by atomic mass is 9.96. The van der Waals surface area contributed by atoms with Crippen molar-refractivity contribution in [2.45, 2.75) is 50.9 Å². The third-order valence-electron chi connectivity index (χ3n) is 4.52. The van der Waals surface area contributed by atoms with Crippen LogP contribution in [0.25, 0.3) is 0 Å². The summed E-state index contributed by atoms with van der Waals surface area (Å²) in [5.41, 5.74) is 0. The molecule has 2 aliphatic heterocycles. The minimum Gasteiger partial charge on any atom is -0.303 e. The second-order valence-corrected chi connectivity index (χ2v) is 5.89. The van der Waals surface area contributed by atoms with Crippen LogP contribution in [-0.2, 0) is 0 Å². The molecule has 2 aliphatic rings. The van der Waals surface area contributed by atoms with Crippen molar-refractivity contribution in [1.29, 1.82) is 0 Å². The molecule has 2 saturated heterocycles. The molecule has 0 saturated carbocycles. The van der Waals surface area contributed by atoms with Crippen LogP contribution in [0.5, 0.6) is 0 Å². The third kappa shape index (κ3) is 2.75. The Hall–Kier alpha value is -0.150. The molecule has 16 heavy (non-hydrogen) atoms. The molecule has 2 fully saturated rings. The maximum Gasteiger partial charge on any atom is 0.114 e. The number of alkyl halides is 1. The monoisotopic (exact) mass is 228 g/mol. The summed E-state index contributed by atoms with van der Waals surface area (Å²) in [4.78, 5) is 4.65. The molecule has 94 valence electrons. The van der Waals surface area contributed by atoms with Gasteiger partial charge in [0.05, 0.1) is 0 Å². The van der Waals surface area contributed by atoms with E-state index in [1.165, 1.54) is 25.8 Å². The van der Waals surface area contributed by atoms with Crippen molar-refractivity contribution in [1.82, 2.24) is 9.80 Å². The lowest BCUT2D eigenvalue weighted by Gasteiger charge is -2.20. The molecule has 0 aromatic rings. The van der Waals surface area contributed by atoms with Gasteiger partial charge in [-0.25, -0.2) is 4.39 Å². The van der Waals surface area contributed by atoms with Crippen molar-refractivity contribution in [3.05, 3.63) is 0 Å². The van der Waals surface area contributed by atoms with Crippen molar-refractivity contribution in [3.63, 3.8) is 0 Å². The zero-order chi connectivity index (χ0) is 11.7. The summed E-state index contributed by atoms with van der Waals surface area (Å²) in [5, 5.41) is 0. The third-order valence-corrected chi connectivity index (χ3v) is 4.52. The molecule has 2 rings (SSSR count). The normalized spacial score (nSPS) is 42.0. The van der Waals surface area contributed by atoms with Crippen LogP contribution >= 0.6 is 0 Å². The molecule has 0 radical (unpaired) electrons. The van der Waals surface area contributed by atoms with Gasteiger partial charge in [0.1, 0.15) is 6.17 Å². The van der Waals surface area contributed by atoms with E-state index in [9.17, 15) is 4.39 Å². The molecule has 4 atom stereocenters. The van der Waals surface area contributed by atoms with Crippen LogP contribution in [-0.4, -0.2) is 55.2 Å². The lowest BCUT2D eigenvalue weighted by molar-refractivity contribution is 0.269. The minimum absolute atomic E-state index is 0.496. The van der Waals surface area contributed by atoms with Gasteiger partial charge in [0, 0.05) is 25.2 Å². The molecule has 0 amide bonds. The summed E-state index contributed by atoms with van der Waals surface area (Å²) >= 11 is 0. The molecule has 2 heterocycles. The van der Waals surface area contributed by atoms with Crippen LogP contribution < -0.4 is 0 Å². The summed E-state index contributed by atoms with van der Waals surface area (Å²) in [6.07, 6.45) is 3.96. The van der Waals surface area contributed by atoms with Crippen LogP contribution in [0.2, 0.25) is 0 Å². The Morgan fingerprint density at radius 1 is 1.06 bits per heavy atom. The van der Waals surface area contributed by atoms with Crippen LogP contribution in [0.4, 0.5) is 4.39 Å². The van der Waals surface area contributed by atoms with Crippen molar-refractivity contribution < 1.29 is 4.39 Å². The van der Waals surface area contributed by atoms with Crippen molar-refractivity contribution in [2.24, 2.45) is 5.92 Å². The van der Waals surface area contributed by atoms with Crippen LogP contribution in [0.15, 0.2) is 0 Å². The van der Waals surface area contributed by atoms with E-state index in [4.69, 9.17) is 0 Å². The van der Waals surface area contributed by atoms with Crippen molar-refractivity contribution in [3.8, 4) is 0 Å². The quantitative estimate of drug-likeness (QED) is 0.730. The Morgan fingerprint density at radius 3 is 2.31 bits per heavy atom. The van der Waals surface area contributed by atoms with E-state index in [-0.39, 0.29) is 0 Å². The zero-order valence-electron chi connectivity index (χ0n) is 10.8. The van der Waals surface area contributed by atoms with E-state index < -0.39 is 6.17 Å². The van der Waals surface area contributed by atoms with Crippen molar-refractivity contribution >= 4 is 0 Å². The fourth-order valence-corrected chi connectivity index (χ4v) is 3.31. The fourth-order valence-electron chi connectivity index (χ4n) is 3.31. The van der Waals surface area contributed by atoms with E-state index in [1.54, 1.807) is 0 Å². The SMILES string of the molecule is CC1CC(CCC2CC(F)CN2C)CN1C. The van der Waals surface area contributed by atoms with Crippen LogP contribution in [0.1, 0.15) is 32.6 Å². The van der Waals surface area contributed by atoms with Gasteiger partial charge in [-0.3, -0.25) is 0 Å². The summed E-state index contributed by atoms with van der Waals surface area (Å²) in [5.74, 6) is 0.840. The van der Waals surface area contributed by atoms with Gasteiger partial charge in [-0.05, 0) is 52.6 Å². The number of halogens is 1. The molecule has 4 unspecified atom stereocenters. The number of rotatable bonds is 3. The Bertz CT molecular complexity index is 224. The van der Waals surface area contributed by atoms with Gasteiger partial charge in [-0.15, -0.1) is 0 Å². The maximum absolute atomic E-state index is 13.2. The van der Waals surface area contributed by atoms with E-state index in [0.717, 1.165) is 18.4 Å². The van der Waals surface area contributed by atoms with Gasteiger partial charge in [-0.2, -0.15) is 0 Å². The van der Waals surface area contributed by atoms with Crippen LogP contribution in [0, 0.1) is 5.92 Å². The highest BCUT2D eigenvalue weighted by atomic mass is 19.1. The maximum atomic E-state index is 13.2. The molecule has 0 aromatic heterocycles. The highest BCUT2D eigenvalue weighted by Crippen LogP contribution is 2.29. The van der Waals surface area contributed by atoms with Gasteiger partial charge in [0.2, 0.25) is 0 Å². The van der Waals surface area contributed by atoms with Gasteiger partial charge < -0.3 is 9.80 Å². The van der Waals surface area contributed by atoms with Crippen molar-refractivity contribution in [2.75, 3.05) is 27.2 Å². The topological polar surface area (TPSA) is 6.48 Å². The van der Waals surface area contributed by atoms with Crippen LogP contribution in [0.3, 0.4) is 0 Å². The molecule has 0 bridgehead atoms. The fraction of sp³-hybridized carbons (Fsp3) is 1.00. The molecule has 0 aromatic carbocycles. The first-order valence-electron chi connectivity index (χ1n) is 6.60. The Labute approximate surface area is 98.8 Å². The first-order valence-corrected chi connectivity index (χ1v) is 6.60. The van der Waals surface area contributed by atoms with E-state index in [1.807, 2.05) is 0 Å². The van der Waals surface area contributed by atoms with Gasteiger partial charge in [-0.1, -0.05) is 0 Å². The Kier molecular flexibility index (Phi) is 3.85. The minimum atomic E-state index is -0.583. The van der Waals surface area contributed by atoms with E-state index >= 15 is 0 Å². The van der Waals surface area contributed by atoms with E-state index in [2.05, 4.69) is 30.8 Å². The second-order valence-electron chi connectivity index (χ2n) is 5.89. The average molecular weight is 228 g/mol. The summed E-state index contributed by atoms with van der Waals surface area (Å²) < 4.78 is 13.2. The summed E-state index contributed by atoms with van der Waals surface area (Å²) in [6.45, 7) is 4.18. The number of likely N-dealkylation sites (tertiary alicyclic amines) is 2. The number of nitrogens with zero attached hydrogens (tertiary/aromatic N) is 2. The molecule has 0 N–H and O–H groups in total. The number of hydrogen-bond acceptors (Lipinski definition) is 2. The van der Waals surface area contributed by atoms with Gasteiger partial charge >= 0.3 is 0 Å². The first kappa shape index (κ1) is 12.3. The van der Waals surface area contributed by atoms with Gasteiger partial charge in [0.25, 0.3) is 0 Å². The van der Waals surface area contributed by atoms with E-state index in [0.29, 0.717) is 12.6 Å². The zero-order valence-corrected chi connectivity index (χ0v) is 10.8. The molecular formula is C13H25FN2. The largest absolute Gasteiger partial charge is 0.303 e. The predicted octanol–water partition coefficient (Wildman–Crippen LogP) is 2.15. The standard InChI is InChI=1S/C13H25FN2/c1-10-6-11(8-15(10)2)4-5-13-7-12(14)9-16(13)3/h10-13H,4-9H2,1-3H3. The highest BCUT2D eigenvalue weighted by molar-refractivity contribution is 4.86. The Balaban J connectivity index is 1.72. The number of hydrogen-bond donors (Lipinski definition) is 0. The molecule has 0 spiro atoms. The summed E-state index contributed by atoms with van der Waals surface area (Å²) in [7, 11) is 4.28. The average Bonchev–Trinajstić information content (AvgIpc) is 2.68. The first-order chi connectivity index (χ1) is 7.56. The molecule has 0 aliphatic carbocycles. The Morgan fingerprint density at radius 2 is 1.81 bits per heavy atom. The summed E-state index contributed by atoms with van der Waals surface area (Å²) in [6, 6.07) is 1.23. The predicted molar refractivity (Wildman–Crippen MR) is 65.4 cm³/mol. The smallest absolute Gasteiger partial charge is 0.114 e. The highest BCUT2D eigenvalue weighted by Gasteiger charge is 2.31. The van der Waals surface area contributed by atoms with Gasteiger partial charge in [0.15, 0.2) is 0 Å². The molecule has 3 heteroatoms. The molecular weight excluding hydrogens is 203 g/mol. The molecule has 2 nitrogen and oxygen atoms in total. The lowest BCUT2D eigenvalue weighted by Crippen LogP contribution is -2.26.